The first kappa shape index (κ1) is 16.2. The summed E-state index contributed by atoms with van der Waals surface area (Å²) in [6, 6.07) is 6.27. The first-order valence-electron chi connectivity index (χ1n) is 6.14. The summed E-state index contributed by atoms with van der Waals surface area (Å²) in [5.74, 6) is -0.687. The maximum atomic E-state index is 13.7. The van der Waals surface area contributed by atoms with Crippen LogP contribution in [-0.4, -0.2) is 7.11 Å². The molecule has 0 heterocycles. The second kappa shape index (κ2) is 6.73. The minimum Gasteiger partial charge on any atom is -0.495 e. The molecule has 2 N–H and O–H groups in total. The van der Waals surface area contributed by atoms with Crippen molar-refractivity contribution in [2.24, 2.45) is 5.73 Å². The smallest absolute Gasteiger partial charge is 0.137 e. The summed E-state index contributed by atoms with van der Waals surface area (Å²) in [7, 11) is 1.52. The number of halogens is 4. The van der Waals surface area contributed by atoms with Gasteiger partial charge in [0.25, 0.3) is 0 Å². The summed E-state index contributed by atoms with van der Waals surface area (Å²) in [6.45, 7) is 0. The van der Waals surface area contributed by atoms with E-state index in [0.717, 1.165) is 6.07 Å². The molecule has 0 aromatic heterocycles. The molecule has 2 rings (SSSR count). The molecule has 0 spiro atoms. The van der Waals surface area contributed by atoms with E-state index in [2.05, 4.69) is 15.9 Å². The lowest BCUT2D eigenvalue weighted by Crippen LogP contribution is -2.15. The van der Waals surface area contributed by atoms with Crippen molar-refractivity contribution in [3.05, 3.63) is 62.6 Å². The summed E-state index contributed by atoms with van der Waals surface area (Å²) >= 11 is 9.36. The second-order valence-corrected chi connectivity index (χ2v) is 5.85. The Morgan fingerprint density at radius 2 is 2.00 bits per heavy atom. The van der Waals surface area contributed by atoms with Gasteiger partial charge in [0.15, 0.2) is 0 Å². The molecule has 0 bridgehead atoms. The van der Waals surface area contributed by atoms with Crippen molar-refractivity contribution in [3.8, 4) is 5.75 Å². The molecule has 0 saturated carbocycles. The molecule has 0 radical (unpaired) electrons. The number of ether oxygens (including phenoxy) is 1. The van der Waals surface area contributed by atoms with E-state index in [4.69, 9.17) is 22.1 Å². The minimum atomic E-state index is -0.620. The number of rotatable bonds is 4. The lowest BCUT2D eigenvalue weighted by atomic mass is 9.98. The third-order valence-electron chi connectivity index (χ3n) is 3.10. The van der Waals surface area contributed by atoms with E-state index in [-0.39, 0.29) is 6.42 Å². The molecule has 21 heavy (non-hydrogen) atoms. The zero-order valence-corrected chi connectivity index (χ0v) is 13.5. The van der Waals surface area contributed by atoms with Gasteiger partial charge in [0.05, 0.1) is 11.6 Å². The Labute approximate surface area is 135 Å². The normalized spacial score (nSPS) is 12.3. The highest BCUT2D eigenvalue weighted by molar-refractivity contribution is 9.10. The van der Waals surface area contributed by atoms with Gasteiger partial charge in [-0.1, -0.05) is 17.7 Å². The average Bonchev–Trinajstić information content (AvgIpc) is 2.41. The largest absolute Gasteiger partial charge is 0.495 e. The maximum absolute atomic E-state index is 13.7. The summed E-state index contributed by atoms with van der Waals surface area (Å²) in [5, 5.41) is 0.493. The van der Waals surface area contributed by atoms with Crippen LogP contribution in [-0.2, 0) is 6.42 Å². The molecule has 2 nitrogen and oxygen atoms in total. The standard InChI is InChI=1S/C15H13BrClF2NO/c1-21-15-11(5-9(17)6-12(15)16)14(20)4-8-2-3-10(18)7-13(8)19/h2-3,5-7,14H,4,20H2,1H3. The van der Waals surface area contributed by atoms with Gasteiger partial charge in [-0.15, -0.1) is 0 Å². The third kappa shape index (κ3) is 3.73. The van der Waals surface area contributed by atoms with Crippen molar-refractivity contribution >= 4 is 27.5 Å². The maximum Gasteiger partial charge on any atom is 0.137 e. The highest BCUT2D eigenvalue weighted by Crippen LogP contribution is 2.36. The fourth-order valence-electron chi connectivity index (χ4n) is 2.11. The molecule has 0 amide bonds. The van der Waals surface area contributed by atoms with Crippen LogP contribution < -0.4 is 10.5 Å². The molecule has 0 saturated heterocycles. The van der Waals surface area contributed by atoms with Gasteiger partial charge >= 0.3 is 0 Å². The molecule has 6 heteroatoms. The van der Waals surface area contributed by atoms with Gasteiger partial charge in [0, 0.05) is 22.7 Å². The van der Waals surface area contributed by atoms with E-state index >= 15 is 0 Å². The van der Waals surface area contributed by atoms with Gasteiger partial charge in [-0.05, 0) is 46.1 Å². The summed E-state index contributed by atoms with van der Waals surface area (Å²) < 4.78 is 32.6. The Balaban J connectivity index is 2.34. The molecule has 0 aliphatic carbocycles. The first-order chi connectivity index (χ1) is 9.92. The van der Waals surface area contributed by atoms with Crippen LogP contribution in [0.4, 0.5) is 8.78 Å². The van der Waals surface area contributed by atoms with E-state index < -0.39 is 17.7 Å². The van der Waals surface area contributed by atoms with Gasteiger partial charge in [0.2, 0.25) is 0 Å². The molecule has 0 fully saturated rings. The highest BCUT2D eigenvalue weighted by atomic mass is 79.9. The molecule has 1 atom stereocenters. The van der Waals surface area contributed by atoms with Crippen LogP contribution in [0, 0.1) is 11.6 Å². The van der Waals surface area contributed by atoms with E-state index in [1.54, 1.807) is 12.1 Å². The number of methoxy groups -OCH3 is 1. The van der Waals surface area contributed by atoms with E-state index in [1.165, 1.54) is 19.2 Å². The molecule has 2 aromatic carbocycles. The molecule has 0 aliphatic rings. The van der Waals surface area contributed by atoms with Crippen LogP contribution >= 0.6 is 27.5 Å². The monoisotopic (exact) mass is 375 g/mol. The van der Waals surface area contributed by atoms with Crippen molar-refractivity contribution in [3.63, 3.8) is 0 Å². The van der Waals surface area contributed by atoms with Crippen molar-refractivity contribution in [1.82, 2.24) is 0 Å². The third-order valence-corrected chi connectivity index (χ3v) is 3.90. The fraction of sp³-hybridized carbons (Fsp3) is 0.200. The van der Waals surface area contributed by atoms with Gasteiger partial charge in [-0.3, -0.25) is 0 Å². The topological polar surface area (TPSA) is 35.2 Å². The quantitative estimate of drug-likeness (QED) is 0.844. The van der Waals surface area contributed by atoms with Crippen LogP contribution in [0.2, 0.25) is 5.02 Å². The Bertz CT molecular complexity index is 666. The molecule has 1 unspecified atom stereocenters. The Morgan fingerprint density at radius 3 is 2.62 bits per heavy atom. The molecule has 2 aromatic rings. The van der Waals surface area contributed by atoms with E-state index in [0.29, 0.717) is 26.4 Å². The Morgan fingerprint density at radius 1 is 1.29 bits per heavy atom. The molecule has 112 valence electrons. The van der Waals surface area contributed by atoms with Gasteiger partial charge in [-0.25, -0.2) is 8.78 Å². The Kier molecular flexibility index (Phi) is 5.19. The summed E-state index contributed by atoms with van der Waals surface area (Å²) in [5.41, 5.74) is 7.12. The zero-order valence-electron chi connectivity index (χ0n) is 11.2. The van der Waals surface area contributed by atoms with Gasteiger partial charge in [0.1, 0.15) is 17.4 Å². The van der Waals surface area contributed by atoms with E-state index in [1.807, 2.05) is 0 Å². The fourth-order valence-corrected chi connectivity index (χ4v) is 3.10. The molecular formula is C15H13BrClF2NO. The predicted molar refractivity (Wildman–Crippen MR) is 82.7 cm³/mol. The van der Waals surface area contributed by atoms with Crippen LogP contribution in [0.15, 0.2) is 34.8 Å². The highest BCUT2D eigenvalue weighted by Gasteiger charge is 2.18. The molecule has 0 aliphatic heterocycles. The van der Waals surface area contributed by atoms with Crippen LogP contribution in [0.3, 0.4) is 0 Å². The summed E-state index contributed by atoms with van der Waals surface area (Å²) in [4.78, 5) is 0. The second-order valence-electron chi connectivity index (χ2n) is 4.56. The number of hydrogen-bond donors (Lipinski definition) is 1. The lowest BCUT2D eigenvalue weighted by Gasteiger charge is -2.18. The Hall–Kier alpha value is -1.17. The average molecular weight is 377 g/mol. The zero-order chi connectivity index (χ0) is 15.6. The number of nitrogens with two attached hydrogens (primary N) is 1. The lowest BCUT2D eigenvalue weighted by molar-refractivity contribution is 0.402. The number of benzene rings is 2. The van der Waals surface area contributed by atoms with E-state index in [9.17, 15) is 8.78 Å². The van der Waals surface area contributed by atoms with Crippen LogP contribution in [0.25, 0.3) is 0 Å². The van der Waals surface area contributed by atoms with Crippen LogP contribution in [0.1, 0.15) is 17.2 Å². The summed E-state index contributed by atoms with van der Waals surface area (Å²) in [6.07, 6.45) is 0.204. The predicted octanol–water partition coefficient (Wildman–Crippen LogP) is 4.63. The minimum absolute atomic E-state index is 0.204. The van der Waals surface area contributed by atoms with Crippen molar-refractivity contribution in [2.75, 3.05) is 7.11 Å². The van der Waals surface area contributed by atoms with Crippen molar-refractivity contribution < 1.29 is 13.5 Å². The number of hydrogen-bond acceptors (Lipinski definition) is 2. The van der Waals surface area contributed by atoms with Crippen molar-refractivity contribution in [1.29, 1.82) is 0 Å². The first-order valence-corrected chi connectivity index (χ1v) is 7.32. The van der Waals surface area contributed by atoms with Crippen LogP contribution in [0.5, 0.6) is 5.75 Å². The van der Waals surface area contributed by atoms with Crippen molar-refractivity contribution in [2.45, 2.75) is 12.5 Å². The van der Waals surface area contributed by atoms with Gasteiger partial charge in [-0.2, -0.15) is 0 Å². The SMILES string of the molecule is COc1c(Br)cc(Cl)cc1C(N)Cc1ccc(F)cc1F. The molecular weight excluding hydrogens is 364 g/mol. The van der Waals surface area contributed by atoms with Gasteiger partial charge < -0.3 is 10.5 Å².